The van der Waals surface area contributed by atoms with E-state index in [9.17, 15) is 0 Å². The summed E-state index contributed by atoms with van der Waals surface area (Å²) in [4.78, 5) is 0. The first-order chi connectivity index (χ1) is 13.7. The molecule has 0 fully saturated rings. The fraction of sp³-hybridized carbons (Fsp3) is 0.739. The van der Waals surface area contributed by atoms with Crippen LogP contribution in [0.2, 0.25) is 22.7 Å². The first kappa shape index (κ1) is 26.5. The van der Waals surface area contributed by atoms with Crippen LogP contribution in [-0.2, 0) is 19.8 Å². The van der Waals surface area contributed by atoms with Gasteiger partial charge in [-0.1, -0.05) is 71.9 Å². The van der Waals surface area contributed by atoms with E-state index >= 15 is 0 Å². The SMILES string of the molecule is CO[Si](CCCCN(Cc1ccccc1)[Si](C(C)C)(C(C)C)C(C)C)(OC)OC. The molecular formula is C23H45NO3Si2. The molecule has 0 radical (unpaired) electrons. The summed E-state index contributed by atoms with van der Waals surface area (Å²) in [7, 11) is 0.919. The topological polar surface area (TPSA) is 30.9 Å². The highest BCUT2D eigenvalue weighted by Crippen LogP contribution is 2.44. The van der Waals surface area contributed by atoms with E-state index in [1.54, 1.807) is 21.3 Å². The van der Waals surface area contributed by atoms with Gasteiger partial charge < -0.3 is 17.8 Å². The Morgan fingerprint density at radius 1 is 0.759 bits per heavy atom. The minimum absolute atomic E-state index is 0.705. The van der Waals surface area contributed by atoms with E-state index in [0.717, 1.165) is 32.0 Å². The number of unbranched alkanes of at least 4 members (excludes halogenated alkanes) is 1. The Morgan fingerprint density at radius 2 is 1.24 bits per heavy atom. The van der Waals surface area contributed by atoms with E-state index in [1.807, 2.05) is 0 Å². The Morgan fingerprint density at radius 3 is 1.66 bits per heavy atom. The van der Waals surface area contributed by atoms with Crippen molar-refractivity contribution < 1.29 is 13.3 Å². The molecule has 4 nitrogen and oxygen atoms in total. The van der Waals surface area contributed by atoms with Crippen LogP contribution in [0.15, 0.2) is 30.3 Å². The number of benzene rings is 1. The van der Waals surface area contributed by atoms with Gasteiger partial charge in [0.25, 0.3) is 0 Å². The molecule has 6 heteroatoms. The maximum atomic E-state index is 5.61. The van der Waals surface area contributed by atoms with E-state index < -0.39 is 17.0 Å². The van der Waals surface area contributed by atoms with Gasteiger partial charge in [0.05, 0.1) is 0 Å². The third-order valence-electron chi connectivity index (χ3n) is 6.63. The maximum absolute atomic E-state index is 5.61. The highest BCUT2D eigenvalue weighted by atomic mass is 28.4. The number of nitrogens with zero attached hydrogens (tertiary/aromatic N) is 1. The molecule has 0 amide bonds. The molecule has 0 saturated heterocycles. The average Bonchev–Trinajstić information content (AvgIpc) is 2.69. The van der Waals surface area contributed by atoms with Crippen LogP contribution in [0.5, 0.6) is 0 Å². The van der Waals surface area contributed by atoms with Crippen molar-refractivity contribution in [1.82, 2.24) is 4.57 Å². The van der Waals surface area contributed by atoms with Crippen molar-refractivity contribution in [2.24, 2.45) is 0 Å². The lowest BCUT2D eigenvalue weighted by Gasteiger charge is -2.51. The van der Waals surface area contributed by atoms with Crippen LogP contribution in [-0.4, -0.2) is 49.5 Å². The van der Waals surface area contributed by atoms with Crippen LogP contribution in [0.3, 0.4) is 0 Å². The molecule has 168 valence electrons. The first-order valence-corrected chi connectivity index (χ1v) is 15.3. The maximum Gasteiger partial charge on any atom is 0.500 e. The van der Waals surface area contributed by atoms with Gasteiger partial charge in [-0.05, 0) is 41.6 Å². The van der Waals surface area contributed by atoms with Crippen LogP contribution in [0.25, 0.3) is 0 Å². The van der Waals surface area contributed by atoms with Gasteiger partial charge in [0.15, 0.2) is 0 Å². The molecule has 29 heavy (non-hydrogen) atoms. The van der Waals surface area contributed by atoms with Crippen LogP contribution in [0.4, 0.5) is 0 Å². The summed E-state index contributed by atoms with van der Waals surface area (Å²) in [5, 5.41) is 0. The Balaban J connectivity index is 3.05. The summed E-state index contributed by atoms with van der Waals surface area (Å²) in [6.07, 6.45) is 2.20. The van der Waals surface area contributed by atoms with Crippen molar-refractivity contribution >= 4 is 17.0 Å². The standard InChI is InChI=1S/C23H45NO3Si2/c1-20(2)29(21(3)4,22(5)6)24(19-23-15-11-10-12-16-23)17-13-14-18-28(25-7,26-8)27-9/h10-12,15-16,20-22H,13-14,17-19H2,1-9H3. The second-order valence-corrected chi connectivity index (χ2v) is 18.0. The van der Waals surface area contributed by atoms with Gasteiger partial charge in [0.2, 0.25) is 0 Å². The van der Waals surface area contributed by atoms with Gasteiger partial charge in [-0.2, -0.15) is 0 Å². The molecule has 0 aliphatic heterocycles. The summed E-state index contributed by atoms with van der Waals surface area (Å²) >= 11 is 0. The zero-order valence-electron chi connectivity index (χ0n) is 20.3. The van der Waals surface area contributed by atoms with Crippen molar-refractivity contribution in [1.29, 1.82) is 0 Å². The van der Waals surface area contributed by atoms with Crippen LogP contribution in [0.1, 0.15) is 59.9 Å². The fourth-order valence-corrected chi connectivity index (χ4v) is 14.5. The summed E-state index contributed by atoms with van der Waals surface area (Å²) in [5.74, 6) is 0. The molecule has 1 aromatic carbocycles. The van der Waals surface area contributed by atoms with Gasteiger partial charge >= 0.3 is 8.80 Å². The van der Waals surface area contributed by atoms with Crippen molar-refractivity contribution in [3.63, 3.8) is 0 Å². The number of hydrogen-bond acceptors (Lipinski definition) is 4. The second-order valence-electron chi connectivity index (χ2n) is 9.01. The first-order valence-electron chi connectivity index (χ1n) is 11.1. The highest BCUT2D eigenvalue weighted by molar-refractivity contribution is 6.80. The summed E-state index contributed by atoms with van der Waals surface area (Å²) < 4.78 is 19.7. The Labute approximate surface area is 182 Å². The molecule has 0 atom stereocenters. The number of rotatable bonds is 14. The van der Waals surface area contributed by atoms with Crippen LogP contribution < -0.4 is 0 Å². The quantitative estimate of drug-likeness (QED) is 0.250. The van der Waals surface area contributed by atoms with Gasteiger partial charge in [-0.3, -0.25) is 0 Å². The molecule has 0 unspecified atom stereocenters. The van der Waals surface area contributed by atoms with Crippen molar-refractivity contribution in [2.75, 3.05) is 27.9 Å². The van der Waals surface area contributed by atoms with Crippen LogP contribution >= 0.6 is 0 Å². The van der Waals surface area contributed by atoms with E-state index in [4.69, 9.17) is 13.3 Å². The molecule has 1 aromatic rings. The smallest absolute Gasteiger partial charge is 0.377 e. The van der Waals surface area contributed by atoms with Gasteiger partial charge in [-0.15, -0.1) is 0 Å². The summed E-state index contributed by atoms with van der Waals surface area (Å²) in [5.41, 5.74) is 3.53. The monoisotopic (exact) mass is 439 g/mol. The Bertz CT molecular complexity index is 532. The van der Waals surface area contributed by atoms with Gasteiger partial charge in [-0.25, -0.2) is 0 Å². The summed E-state index contributed by atoms with van der Waals surface area (Å²) in [6.45, 7) is 16.9. The van der Waals surface area contributed by atoms with Gasteiger partial charge in [0.1, 0.15) is 8.24 Å². The lowest BCUT2D eigenvalue weighted by molar-refractivity contribution is 0.122. The summed E-state index contributed by atoms with van der Waals surface area (Å²) in [6, 6.07) is 11.8. The molecule has 0 aromatic heterocycles. The molecular weight excluding hydrogens is 394 g/mol. The van der Waals surface area contributed by atoms with Crippen molar-refractivity contribution in [3.8, 4) is 0 Å². The molecule has 0 aliphatic rings. The minimum atomic E-state index is -2.48. The zero-order valence-corrected chi connectivity index (χ0v) is 22.3. The van der Waals surface area contributed by atoms with Crippen LogP contribution in [0, 0.1) is 0 Å². The predicted octanol–water partition coefficient (Wildman–Crippen LogP) is 6.32. The van der Waals surface area contributed by atoms with E-state index in [1.165, 1.54) is 5.56 Å². The predicted molar refractivity (Wildman–Crippen MR) is 129 cm³/mol. The van der Waals surface area contributed by atoms with E-state index in [0.29, 0.717) is 16.6 Å². The Hall–Kier alpha value is -0.506. The van der Waals surface area contributed by atoms with E-state index in [-0.39, 0.29) is 0 Å². The van der Waals surface area contributed by atoms with Crippen molar-refractivity contribution in [3.05, 3.63) is 35.9 Å². The largest absolute Gasteiger partial charge is 0.500 e. The normalized spacial score (nSPS) is 13.3. The third kappa shape index (κ3) is 6.48. The zero-order chi connectivity index (χ0) is 22.1. The molecule has 1 rings (SSSR count). The lowest BCUT2D eigenvalue weighted by atomic mass is 10.2. The van der Waals surface area contributed by atoms with E-state index in [2.05, 4.69) is 76.4 Å². The second kappa shape index (κ2) is 12.4. The molecule has 0 aliphatic carbocycles. The lowest BCUT2D eigenvalue weighted by Crippen LogP contribution is -2.60. The number of hydrogen-bond donors (Lipinski definition) is 0. The fourth-order valence-electron chi connectivity index (χ4n) is 5.51. The molecule has 0 bridgehead atoms. The van der Waals surface area contributed by atoms with Gasteiger partial charge in [0, 0.05) is 33.9 Å². The minimum Gasteiger partial charge on any atom is -0.377 e. The average molecular weight is 440 g/mol. The van der Waals surface area contributed by atoms with Crippen molar-refractivity contribution in [2.45, 2.75) is 83.6 Å². The molecule has 0 heterocycles. The molecule has 0 N–H and O–H groups in total. The molecule has 0 spiro atoms. The molecule has 0 saturated carbocycles. The third-order valence-corrected chi connectivity index (χ3v) is 16.5. The Kier molecular flexibility index (Phi) is 11.3. The highest BCUT2D eigenvalue weighted by Gasteiger charge is 2.47.